The van der Waals surface area contributed by atoms with Gasteiger partial charge in [0.15, 0.2) is 5.60 Å². The lowest BCUT2D eigenvalue weighted by atomic mass is 9.83. The first-order valence-corrected chi connectivity index (χ1v) is 13.9. The Morgan fingerprint density at radius 3 is 2.00 bits per heavy atom. The summed E-state index contributed by atoms with van der Waals surface area (Å²) in [7, 11) is -4.04. The highest BCUT2D eigenvalue weighted by Gasteiger charge is 2.45. The van der Waals surface area contributed by atoms with Gasteiger partial charge in [-0.25, -0.2) is 8.42 Å². The first-order chi connectivity index (χ1) is 18.3. The van der Waals surface area contributed by atoms with E-state index in [9.17, 15) is 13.5 Å². The van der Waals surface area contributed by atoms with E-state index in [0.29, 0.717) is 5.56 Å². The first kappa shape index (κ1) is 27.1. The monoisotopic (exact) mass is 521 g/mol. The number of hydrogen-bond acceptors (Lipinski definition) is 3. The van der Waals surface area contributed by atoms with Crippen LogP contribution in [-0.2, 0) is 22.0 Å². The number of aliphatic hydroxyl groups is 1. The maximum absolute atomic E-state index is 14.1. The lowest BCUT2D eigenvalue weighted by Crippen LogP contribution is -2.53. The molecule has 4 rings (SSSR count). The molecule has 192 valence electrons. The maximum Gasteiger partial charge on any atom is 0.243 e. The molecule has 0 saturated carbocycles. The molecule has 0 fully saturated rings. The average molecular weight is 522 g/mol. The van der Waals surface area contributed by atoms with E-state index in [4.69, 9.17) is 0 Å². The molecule has 2 unspecified atom stereocenters. The largest absolute Gasteiger partial charge is 0.372 e. The molecule has 0 radical (unpaired) electrons. The zero-order chi connectivity index (χ0) is 27.0. The van der Waals surface area contributed by atoms with Crippen LogP contribution in [0.2, 0.25) is 0 Å². The number of rotatable bonds is 9. The Morgan fingerprint density at radius 1 is 0.868 bits per heavy atom. The summed E-state index contributed by atoms with van der Waals surface area (Å²) in [5, 5.41) is 12.5. The first-order valence-electron chi connectivity index (χ1n) is 12.4. The van der Waals surface area contributed by atoms with E-state index in [0.717, 1.165) is 16.7 Å². The minimum absolute atomic E-state index is 0.00410. The fourth-order valence-electron chi connectivity index (χ4n) is 4.39. The van der Waals surface area contributed by atoms with Crippen LogP contribution in [0.5, 0.6) is 0 Å². The Bertz CT molecular complexity index is 1510. The highest BCUT2D eigenvalue weighted by Crippen LogP contribution is 2.34. The molecule has 1 N–H and O–H groups in total. The molecule has 0 spiro atoms. The van der Waals surface area contributed by atoms with Gasteiger partial charge >= 0.3 is 0 Å². The van der Waals surface area contributed by atoms with Gasteiger partial charge in [0.05, 0.1) is 10.9 Å². The van der Waals surface area contributed by atoms with Gasteiger partial charge in [-0.2, -0.15) is 4.31 Å². The third-order valence-electron chi connectivity index (χ3n) is 6.42. The molecule has 4 aromatic carbocycles. The van der Waals surface area contributed by atoms with Crippen molar-refractivity contribution in [1.29, 1.82) is 0 Å². The van der Waals surface area contributed by atoms with Gasteiger partial charge in [0.25, 0.3) is 0 Å². The minimum Gasteiger partial charge on any atom is -0.372 e. The summed E-state index contributed by atoms with van der Waals surface area (Å²) in [4.78, 5) is 0.148. The van der Waals surface area contributed by atoms with E-state index in [1.165, 1.54) is 4.31 Å². The predicted molar refractivity (Wildman–Crippen MR) is 153 cm³/mol. The summed E-state index contributed by atoms with van der Waals surface area (Å²) < 4.78 is 29.6. The molecule has 4 nitrogen and oxygen atoms in total. The summed E-state index contributed by atoms with van der Waals surface area (Å²) in [6.07, 6.45) is 1.77. The topological polar surface area (TPSA) is 57.6 Å². The van der Waals surface area contributed by atoms with E-state index >= 15 is 0 Å². The Kier molecular flexibility index (Phi) is 8.60. The lowest BCUT2D eigenvalue weighted by Gasteiger charge is -2.39. The SMILES string of the molecule is C=CCN(C(Cc1ccccc1)C(O)(C#Cc1ccccc1)c1ccccc1)S(=O)(=O)c1ccc(C)cc1. The Labute approximate surface area is 226 Å². The van der Waals surface area contributed by atoms with Crippen molar-refractivity contribution in [3.8, 4) is 11.8 Å². The summed E-state index contributed by atoms with van der Waals surface area (Å²) in [6, 6.07) is 33.7. The van der Waals surface area contributed by atoms with Crippen LogP contribution in [-0.4, -0.2) is 30.4 Å². The summed E-state index contributed by atoms with van der Waals surface area (Å²) >= 11 is 0. The molecule has 0 amide bonds. The second-order valence-electron chi connectivity index (χ2n) is 9.13. The maximum atomic E-state index is 14.1. The summed E-state index contributed by atoms with van der Waals surface area (Å²) in [5.74, 6) is 6.18. The normalized spacial score (nSPS) is 13.7. The van der Waals surface area contributed by atoms with Gasteiger partial charge in [0.1, 0.15) is 0 Å². The summed E-state index contributed by atoms with van der Waals surface area (Å²) in [5.41, 5.74) is 1.22. The van der Waals surface area contributed by atoms with Crippen LogP contribution in [0.1, 0.15) is 22.3 Å². The second kappa shape index (κ2) is 12.1. The number of sulfonamides is 1. The van der Waals surface area contributed by atoms with E-state index in [1.54, 1.807) is 42.5 Å². The molecule has 0 heterocycles. The van der Waals surface area contributed by atoms with Crippen LogP contribution >= 0.6 is 0 Å². The molecule has 5 heteroatoms. The molecule has 0 aliphatic carbocycles. The second-order valence-corrected chi connectivity index (χ2v) is 11.0. The highest BCUT2D eigenvalue weighted by atomic mass is 32.2. The minimum atomic E-state index is -4.04. The molecule has 0 aliphatic heterocycles. The molecule has 4 aromatic rings. The number of hydrogen-bond donors (Lipinski definition) is 1. The third-order valence-corrected chi connectivity index (χ3v) is 8.31. The Balaban J connectivity index is 1.95. The molecule has 0 saturated heterocycles. The van der Waals surface area contributed by atoms with Gasteiger partial charge < -0.3 is 5.11 Å². The van der Waals surface area contributed by atoms with Crippen LogP contribution in [0.25, 0.3) is 0 Å². The average Bonchev–Trinajstić information content (AvgIpc) is 2.95. The zero-order valence-corrected chi connectivity index (χ0v) is 22.2. The van der Waals surface area contributed by atoms with E-state index in [1.807, 2.05) is 85.8 Å². The molecule has 0 aromatic heterocycles. The van der Waals surface area contributed by atoms with E-state index in [2.05, 4.69) is 18.4 Å². The van der Waals surface area contributed by atoms with Crippen LogP contribution in [0.3, 0.4) is 0 Å². The van der Waals surface area contributed by atoms with Crippen molar-refractivity contribution >= 4 is 10.0 Å². The molecule has 38 heavy (non-hydrogen) atoms. The summed E-state index contributed by atoms with van der Waals surface area (Å²) in [6.45, 7) is 5.74. The van der Waals surface area contributed by atoms with Gasteiger partial charge in [-0.15, -0.1) is 6.58 Å². The van der Waals surface area contributed by atoms with Crippen LogP contribution in [0.4, 0.5) is 0 Å². The molecule has 0 aliphatic rings. The fraction of sp³-hybridized carbons (Fsp3) is 0.152. The number of benzene rings is 4. The molecule has 0 bridgehead atoms. The van der Waals surface area contributed by atoms with Gasteiger partial charge in [0, 0.05) is 12.1 Å². The molecular weight excluding hydrogens is 490 g/mol. The smallest absolute Gasteiger partial charge is 0.243 e. The van der Waals surface area contributed by atoms with E-state index in [-0.39, 0.29) is 17.9 Å². The van der Waals surface area contributed by atoms with Crippen LogP contribution in [0.15, 0.2) is 133 Å². The number of aryl methyl sites for hydroxylation is 1. The van der Waals surface area contributed by atoms with Gasteiger partial charge in [-0.05, 0) is 48.7 Å². The standard InChI is InChI=1S/C33H31NO3S/c1-3-25-34(38(36,37)31-21-19-27(2)20-22-31)32(26-29-15-9-5-10-16-29)33(35,30-17-11-6-12-18-30)24-23-28-13-7-4-8-14-28/h3-22,32,35H,1,25-26H2,2H3. The highest BCUT2D eigenvalue weighted by molar-refractivity contribution is 7.89. The van der Waals surface area contributed by atoms with Gasteiger partial charge in [0.2, 0.25) is 10.0 Å². The predicted octanol–water partition coefficient (Wildman–Crippen LogP) is 5.72. The van der Waals surface area contributed by atoms with Crippen molar-refractivity contribution in [2.24, 2.45) is 0 Å². The Hall–Kier alpha value is -3.95. The number of nitrogens with zero attached hydrogens (tertiary/aromatic N) is 1. The molecule has 2 atom stereocenters. The van der Waals surface area contributed by atoms with Crippen molar-refractivity contribution in [3.63, 3.8) is 0 Å². The third kappa shape index (κ3) is 6.12. The van der Waals surface area contributed by atoms with Crippen molar-refractivity contribution in [1.82, 2.24) is 4.31 Å². The van der Waals surface area contributed by atoms with Crippen LogP contribution in [0, 0.1) is 18.8 Å². The van der Waals surface area contributed by atoms with Gasteiger partial charge in [-0.1, -0.05) is 114 Å². The lowest BCUT2D eigenvalue weighted by molar-refractivity contribution is 0.0265. The van der Waals surface area contributed by atoms with Crippen molar-refractivity contribution in [2.45, 2.75) is 29.9 Å². The van der Waals surface area contributed by atoms with Crippen molar-refractivity contribution in [3.05, 3.63) is 150 Å². The Morgan fingerprint density at radius 2 is 1.42 bits per heavy atom. The molecular formula is C33H31NO3S. The quantitative estimate of drug-likeness (QED) is 0.226. The van der Waals surface area contributed by atoms with Crippen molar-refractivity contribution in [2.75, 3.05) is 6.54 Å². The van der Waals surface area contributed by atoms with Crippen LogP contribution < -0.4 is 0 Å². The van der Waals surface area contributed by atoms with E-state index < -0.39 is 21.7 Å². The fourth-order valence-corrected chi connectivity index (χ4v) is 6.00. The van der Waals surface area contributed by atoms with Gasteiger partial charge in [-0.3, -0.25) is 0 Å². The van der Waals surface area contributed by atoms with Crippen molar-refractivity contribution < 1.29 is 13.5 Å². The zero-order valence-electron chi connectivity index (χ0n) is 21.4.